The molecule has 0 aromatic carbocycles. The standard InChI is InChI=1S/C11H17N5O4/c1-7-8(16(18)19)9(15-10(12)14-7)13-6-11(17)2-4-20-5-3-11/h17H,2-6H2,1H3,(H3,12,13,14,15). The molecule has 1 aromatic heterocycles. The third-order valence-corrected chi connectivity index (χ3v) is 3.27. The minimum absolute atomic E-state index is 0.0277. The van der Waals surface area contributed by atoms with Gasteiger partial charge in [0.1, 0.15) is 5.69 Å². The number of anilines is 2. The fourth-order valence-electron chi connectivity index (χ4n) is 2.11. The van der Waals surface area contributed by atoms with E-state index >= 15 is 0 Å². The van der Waals surface area contributed by atoms with Crippen LogP contribution in [0.2, 0.25) is 0 Å². The van der Waals surface area contributed by atoms with Crippen molar-refractivity contribution in [2.24, 2.45) is 0 Å². The molecule has 0 amide bonds. The summed E-state index contributed by atoms with van der Waals surface area (Å²) >= 11 is 0. The predicted molar refractivity (Wildman–Crippen MR) is 71.3 cm³/mol. The highest BCUT2D eigenvalue weighted by molar-refractivity contribution is 5.60. The second-order valence-corrected chi connectivity index (χ2v) is 4.81. The van der Waals surface area contributed by atoms with E-state index in [0.29, 0.717) is 26.1 Å². The van der Waals surface area contributed by atoms with Crippen molar-refractivity contribution in [3.8, 4) is 0 Å². The van der Waals surface area contributed by atoms with Crippen LogP contribution in [0.25, 0.3) is 0 Å². The van der Waals surface area contributed by atoms with Crippen molar-refractivity contribution in [1.29, 1.82) is 0 Å². The van der Waals surface area contributed by atoms with Gasteiger partial charge in [-0.05, 0) is 6.92 Å². The molecule has 0 bridgehead atoms. The lowest BCUT2D eigenvalue weighted by molar-refractivity contribution is -0.385. The van der Waals surface area contributed by atoms with Crippen LogP contribution in [0.15, 0.2) is 0 Å². The summed E-state index contributed by atoms with van der Waals surface area (Å²) in [5, 5.41) is 24.2. The van der Waals surface area contributed by atoms with Crippen molar-refractivity contribution < 1.29 is 14.8 Å². The number of nitrogens with two attached hydrogens (primary N) is 1. The lowest BCUT2D eigenvalue weighted by Gasteiger charge is -2.32. The molecule has 1 saturated heterocycles. The molecule has 0 saturated carbocycles. The molecule has 0 atom stereocenters. The van der Waals surface area contributed by atoms with Crippen molar-refractivity contribution in [1.82, 2.24) is 9.97 Å². The van der Waals surface area contributed by atoms with Crippen LogP contribution in [0.4, 0.5) is 17.5 Å². The SMILES string of the molecule is Cc1nc(N)nc(NCC2(O)CCOCC2)c1[N+](=O)[O-]. The zero-order valence-electron chi connectivity index (χ0n) is 11.1. The molecule has 1 aliphatic heterocycles. The Morgan fingerprint density at radius 1 is 1.50 bits per heavy atom. The van der Waals surface area contributed by atoms with E-state index in [1.165, 1.54) is 6.92 Å². The van der Waals surface area contributed by atoms with E-state index in [1.807, 2.05) is 0 Å². The Bertz CT molecular complexity index is 516. The number of hydrogen-bond donors (Lipinski definition) is 3. The number of hydrogen-bond acceptors (Lipinski definition) is 8. The maximum Gasteiger partial charge on any atom is 0.332 e. The van der Waals surface area contributed by atoms with Gasteiger partial charge in [0.25, 0.3) is 0 Å². The number of aryl methyl sites for hydroxylation is 1. The zero-order chi connectivity index (χ0) is 14.8. The maximum atomic E-state index is 11.0. The molecule has 1 fully saturated rings. The molecule has 9 heteroatoms. The molecule has 1 aromatic rings. The number of nitrogens with one attached hydrogen (secondary N) is 1. The van der Waals surface area contributed by atoms with E-state index in [9.17, 15) is 15.2 Å². The molecule has 0 aliphatic carbocycles. The molecular formula is C11H17N5O4. The van der Waals surface area contributed by atoms with Gasteiger partial charge >= 0.3 is 5.69 Å². The van der Waals surface area contributed by atoms with Crippen molar-refractivity contribution in [3.63, 3.8) is 0 Å². The topological polar surface area (TPSA) is 136 Å². The highest BCUT2D eigenvalue weighted by Crippen LogP contribution is 2.27. The Morgan fingerprint density at radius 3 is 2.75 bits per heavy atom. The molecular weight excluding hydrogens is 266 g/mol. The quantitative estimate of drug-likeness (QED) is 0.527. The van der Waals surface area contributed by atoms with E-state index in [2.05, 4.69) is 15.3 Å². The van der Waals surface area contributed by atoms with Crippen LogP contribution in [0.1, 0.15) is 18.5 Å². The fraction of sp³-hybridized carbons (Fsp3) is 0.636. The van der Waals surface area contributed by atoms with Gasteiger partial charge in [0.15, 0.2) is 0 Å². The van der Waals surface area contributed by atoms with Gasteiger partial charge in [0, 0.05) is 32.6 Å². The van der Waals surface area contributed by atoms with Crippen molar-refractivity contribution in [2.45, 2.75) is 25.4 Å². The number of aromatic nitrogens is 2. The van der Waals surface area contributed by atoms with E-state index in [-0.39, 0.29) is 29.7 Å². The van der Waals surface area contributed by atoms with E-state index < -0.39 is 10.5 Å². The second-order valence-electron chi connectivity index (χ2n) is 4.81. The van der Waals surface area contributed by atoms with Crippen LogP contribution >= 0.6 is 0 Å². The summed E-state index contributed by atoms with van der Waals surface area (Å²) in [6.45, 7) is 2.56. The van der Waals surface area contributed by atoms with Crippen LogP contribution in [0.3, 0.4) is 0 Å². The van der Waals surface area contributed by atoms with Crippen LogP contribution in [0.5, 0.6) is 0 Å². The van der Waals surface area contributed by atoms with Crippen LogP contribution in [-0.2, 0) is 4.74 Å². The zero-order valence-corrected chi connectivity index (χ0v) is 11.1. The molecule has 0 radical (unpaired) electrons. The van der Waals surface area contributed by atoms with Gasteiger partial charge in [0.05, 0.1) is 10.5 Å². The molecule has 110 valence electrons. The largest absolute Gasteiger partial charge is 0.388 e. The Balaban J connectivity index is 2.18. The second kappa shape index (κ2) is 5.55. The van der Waals surface area contributed by atoms with Crippen LogP contribution in [0, 0.1) is 17.0 Å². The van der Waals surface area contributed by atoms with E-state index in [1.54, 1.807) is 0 Å². The lowest BCUT2D eigenvalue weighted by atomic mass is 9.94. The summed E-state index contributed by atoms with van der Waals surface area (Å²) < 4.78 is 5.18. The first-order chi connectivity index (χ1) is 9.41. The average molecular weight is 283 g/mol. The van der Waals surface area contributed by atoms with Gasteiger partial charge < -0.3 is 20.9 Å². The molecule has 0 spiro atoms. The molecule has 9 nitrogen and oxygen atoms in total. The summed E-state index contributed by atoms with van der Waals surface area (Å²) in [5.74, 6) is -0.0190. The van der Waals surface area contributed by atoms with Gasteiger partial charge in [-0.15, -0.1) is 0 Å². The maximum absolute atomic E-state index is 11.0. The average Bonchev–Trinajstić information content (AvgIpc) is 2.36. The highest BCUT2D eigenvalue weighted by Gasteiger charge is 2.31. The van der Waals surface area contributed by atoms with Gasteiger partial charge in [-0.3, -0.25) is 10.1 Å². The van der Waals surface area contributed by atoms with Crippen molar-refractivity contribution >= 4 is 17.5 Å². The minimum atomic E-state index is -0.959. The van der Waals surface area contributed by atoms with Crippen molar-refractivity contribution in [3.05, 3.63) is 15.8 Å². The normalized spacial score (nSPS) is 17.7. The number of nitro groups is 1. The Morgan fingerprint density at radius 2 is 2.15 bits per heavy atom. The van der Waals surface area contributed by atoms with E-state index in [4.69, 9.17) is 10.5 Å². The summed E-state index contributed by atoms with van der Waals surface area (Å²) in [4.78, 5) is 18.1. The Labute approximate surface area is 115 Å². The third-order valence-electron chi connectivity index (χ3n) is 3.27. The smallest absolute Gasteiger partial charge is 0.332 e. The summed E-state index contributed by atoms with van der Waals surface area (Å²) in [5.41, 5.74) is 4.50. The summed E-state index contributed by atoms with van der Waals surface area (Å²) in [6, 6.07) is 0. The first kappa shape index (κ1) is 14.4. The molecule has 20 heavy (non-hydrogen) atoms. The summed E-state index contributed by atoms with van der Waals surface area (Å²) in [7, 11) is 0. The Kier molecular flexibility index (Phi) is 4.00. The predicted octanol–water partition coefficient (Wildman–Crippen LogP) is 0.229. The van der Waals surface area contributed by atoms with Crippen LogP contribution in [-0.4, -0.2) is 45.4 Å². The summed E-state index contributed by atoms with van der Waals surface area (Å²) in [6.07, 6.45) is 0.931. The fourth-order valence-corrected chi connectivity index (χ4v) is 2.11. The third kappa shape index (κ3) is 3.11. The Hall–Kier alpha value is -2.00. The van der Waals surface area contributed by atoms with Crippen molar-refractivity contribution in [2.75, 3.05) is 30.8 Å². The molecule has 1 aliphatic rings. The number of nitrogen functional groups attached to an aromatic ring is 1. The van der Waals surface area contributed by atoms with Gasteiger partial charge in [-0.1, -0.05) is 0 Å². The number of aliphatic hydroxyl groups is 1. The number of ether oxygens (including phenoxy) is 1. The van der Waals surface area contributed by atoms with Gasteiger partial charge in [0.2, 0.25) is 11.8 Å². The van der Waals surface area contributed by atoms with Gasteiger partial charge in [-0.25, -0.2) is 4.98 Å². The molecule has 2 rings (SSSR count). The minimum Gasteiger partial charge on any atom is -0.388 e. The van der Waals surface area contributed by atoms with Crippen LogP contribution < -0.4 is 11.1 Å². The molecule has 2 heterocycles. The molecule has 4 N–H and O–H groups in total. The first-order valence-corrected chi connectivity index (χ1v) is 6.24. The first-order valence-electron chi connectivity index (χ1n) is 6.24. The lowest BCUT2D eigenvalue weighted by Crippen LogP contribution is -2.42. The van der Waals surface area contributed by atoms with Gasteiger partial charge in [-0.2, -0.15) is 4.98 Å². The number of nitrogens with zero attached hydrogens (tertiary/aromatic N) is 3. The molecule has 0 unspecified atom stereocenters. The van der Waals surface area contributed by atoms with E-state index in [0.717, 1.165) is 0 Å². The number of rotatable bonds is 4. The highest BCUT2D eigenvalue weighted by atomic mass is 16.6. The monoisotopic (exact) mass is 283 g/mol.